The van der Waals surface area contributed by atoms with Gasteiger partial charge in [-0.25, -0.2) is 4.79 Å². The summed E-state index contributed by atoms with van der Waals surface area (Å²) in [6.07, 6.45) is 2.10. The number of piperidine rings is 1. The molecule has 0 amide bonds. The number of isothiocyanates is 1. The number of hydrogen-bond acceptors (Lipinski definition) is 7. The molecule has 0 aromatic heterocycles. The van der Waals surface area contributed by atoms with Crippen molar-refractivity contribution in [2.75, 3.05) is 14.2 Å². The van der Waals surface area contributed by atoms with Gasteiger partial charge in [-0.1, -0.05) is 0 Å². The highest BCUT2D eigenvalue weighted by molar-refractivity contribution is 7.78. The molecule has 2 saturated heterocycles. The van der Waals surface area contributed by atoms with Gasteiger partial charge < -0.3 is 9.47 Å². The molecule has 4 unspecified atom stereocenters. The number of methoxy groups -OCH3 is 1. The van der Waals surface area contributed by atoms with Crippen LogP contribution in [0.3, 0.4) is 0 Å². The molecular weight excluding hydrogens is 340 g/mol. The number of fused-ring (bicyclic) bond motifs is 2. The Kier molecular flexibility index (Phi) is 5.27. The van der Waals surface area contributed by atoms with E-state index in [4.69, 9.17) is 9.47 Å². The molecule has 2 bridgehead atoms. The number of thiocarbonyl (C=S) groups is 1. The van der Waals surface area contributed by atoms with E-state index in [2.05, 4.69) is 27.3 Å². The van der Waals surface area contributed by atoms with Crippen LogP contribution in [-0.4, -0.2) is 54.3 Å². The molecule has 1 aromatic carbocycles. The first kappa shape index (κ1) is 17.7. The molecule has 0 radical (unpaired) electrons. The average Bonchev–Trinajstić information content (AvgIpc) is 2.85. The van der Waals surface area contributed by atoms with E-state index in [-0.39, 0.29) is 12.0 Å². The summed E-state index contributed by atoms with van der Waals surface area (Å²) in [6, 6.07) is 7.00. The van der Waals surface area contributed by atoms with Crippen LogP contribution < -0.4 is 0 Å². The lowest BCUT2D eigenvalue weighted by Crippen LogP contribution is -2.53. The zero-order chi connectivity index (χ0) is 18.0. The molecule has 2 aliphatic heterocycles. The lowest BCUT2D eigenvalue weighted by atomic mass is 9.87. The molecule has 132 valence electrons. The minimum absolute atomic E-state index is 0.0586. The molecule has 0 spiro atoms. The minimum Gasteiger partial charge on any atom is -0.469 e. The third kappa shape index (κ3) is 3.49. The molecule has 4 atom stereocenters. The van der Waals surface area contributed by atoms with Gasteiger partial charge in [0.15, 0.2) is 0 Å². The summed E-state index contributed by atoms with van der Waals surface area (Å²) in [5, 5.41) is 2.28. The maximum Gasteiger partial charge on any atom is 0.338 e. The SMILES string of the molecule is COC(=O)C1C(OC(=O)c2ccc(N=C=S)cc2)CC2CCC1N2C. The number of benzene rings is 1. The second kappa shape index (κ2) is 7.44. The van der Waals surface area contributed by atoms with Crippen molar-refractivity contribution in [3.63, 3.8) is 0 Å². The number of carbonyl (C=O) groups excluding carboxylic acids is 2. The molecule has 1 aromatic rings. The van der Waals surface area contributed by atoms with Gasteiger partial charge in [-0.15, -0.1) is 0 Å². The van der Waals surface area contributed by atoms with Gasteiger partial charge in [0.2, 0.25) is 0 Å². The second-order valence-electron chi connectivity index (χ2n) is 6.44. The van der Waals surface area contributed by atoms with Gasteiger partial charge in [0.1, 0.15) is 12.0 Å². The Hall–Kier alpha value is -2.08. The van der Waals surface area contributed by atoms with Crippen LogP contribution in [0.15, 0.2) is 29.3 Å². The van der Waals surface area contributed by atoms with Crippen molar-refractivity contribution in [2.45, 2.75) is 37.5 Å². The van der Waals surface area contributed by atoms with Gasteiger partial charge in [-0.2, -0.15) is 4.99 Å². The standard InChI is InChI=1S/C18H20N2O4S/c1-20-13-7-8-14(20)16(18(22)23-2)15(9-13)24-17(21)11-3-5-12(6-4-11)19-10-25/h3-6,13-16H,7-9H2,1-2H3. The summed E-state index contributed by atoms with van der Waals surface area (Å²) < 4.78 is 10.7. The fourth-order valence-corrected chi connectivity index (χ4v) is 4.02. The van der Waals surface area contributed by atoms with E-state index in [0.717, 1.165) is 12.8 Å². The number of nitrogens with zero attached hydrogens (tertiary/aromatic N) is 2. The molecule has 2 aliphatic rings. The monoisotopic (exact) mass is 360 g/mol. The number of carbonyl (C=O) groups is 2. The van der Waals surface area contributed by atoms with Crippen LogP contribution >= 0.6 is 12.2 Å². The number of hydrogen-bond donors (Lipinski definition) is 0. The third-order valence-electron chi connectivity index (χ3n) is 5.22. The van der Waals surface area contributed by atoms with Crippen LogP contribution in [0.25, 0.3) is 0 Å². The van der Waals surface area contributed by atoms with E-state index in [1.807, 2.05) is 7.05 Å². The molecular formula is C18H20N2O4S. The fourth-order valence-electron chi connectivity index (χ4n) is 3.92. The Bertz CT molecular complexity index is 714. The predicted molar refractivity (Wildman–Crippen MR) is 95.0 cm³/mol. The highest BCUT2D eigenvalue weighted by Gasteiger charge is 2.50. The molecule has 25 heavy (non-hydrogen) atoms. The highest BCUT2D eigenvalue weighted by atomic mass is 32.1. The summed E-state index contributed by atoms with van der Waals surface area (Å²) in [5.74, 6) is -1.21. The van der Waals surface area contributed by atoms with Gasteiger partial charge in [-0.3, -0.25) is 9.69 Å². The van der Waals surface area contributed by atoms with Gasteiger partial charge >= 0.3 is 11.9 Å². The van der Waals surface area contributed by atoms with Crippen LogP contribution in [0.5, 0.6) is 0 Å². The van der Waals surface area contributed by atoms with Gasteiger partial charge in [0.05, 0.1) is 23.5 Å². The predicted octanol–water partition coefficient (Wildman–Crippen LogP) is 2.60. The number of rotatable bonds is 4. The summed E-state index contributed by atoms with van der Waals surface area (Å²) >= 11 is 4.56. The number of ether oxygens (including phenoxy) is 2. The molecule has 2 heterocycles. The van der Waals surface area contributed by atoms with Crippen molar-refractivity contribution < 1.29 is 19.1 Å². The van der Waals surface area contributed by atoms with Crippen LogP contribution in [0.1, 0.15) is 29.6 Å². The number of aliphatic imine (C=N–C) groups is 1. The van der Waals surface area contributed by atoms with Crippen LogP contribution in [0.2, 0.25) is 0 Å². The maximum absolute atomic E-state index is 12.5. The van der Waals surface area contributed by atoms with E-state index < -0.39 is 18.0 Å². The first-order valence-corrected chi connectivity index (χ1v) is 8.64. The normalized spacial score (nSPS) is 28.1. The summed E-state index contributed by atoms with van der Waals surface area (Å²) in [7, 11) is 3.39. The second-order valence-corrected chi connectivity index (χ2v) is 6.62. The molecule has 0 N–H and O–H groups in total. The minimum atomic E-state index is -0.465. The Balaban J connectivity index is 1.76. The Morgan fingerprint density at radius 1 is 1.28 bits per heavy atom. The van der Waals surface area contributed by atoms with Gasteiger partial charge in [0.25, 0.3) is 0 Å². The van der Waals surface area contributed by atoms with Crippen molar-refractivity contribution in [2.24, 2.45) is 10.9 Å². The van der Waals surface area contributed by atoms with Crippen LogP contribution in [0, 0.1) is 5.92 Å². The van der Waals surface area contributed by atoms with E-state index in [1.54, 1.807) is 24.3 Å². The average molecular weight is 360 g/mol. The van der Waals surface area contributed by atoms with Crippen LogP contribution in [-0.2, 0) is 14.3 Å². The Morgan fingerprint density at radius 2 is 2.00 bits per heavy atom. The summed E-state index contributed by atoms with van der Waals surface area (Å²) in [6.45, 7) is 0. The maximum atomic E-state index is 12.5. The smallest absolute Gasteiger partial charge is 0.338 e. The van der Waals surface area contributed by atoms with E-state index >= 15 is 0 Å². The zero-order valence-corrected chi connectivity index (χ0v) is 15.0. The molecule has 3 rings (SSSR count). The topological polar surface area (TPSA) is 68.2 Å². The highest BCUT2D eigenvalue weighted by Crippen LogP contribution is 2.40. The van der Waals surface area contributed by atoms with E-state index in [0.29, 0.717) is 23.7 Å². The van der Waals surface area contributed by atoms with Crippen molar-refractivity contribution in [3.8, 4) is 0 Å². The molecule has 2 fully saturated rings. The van der Waals surface area contributed by atoms with Crippen LogP contribution in [0.4, 0.5) is 5.69 Å². The quantitative estimate of drug-likeness (QED) is 0.467. The van der Waals surface area contributed by atoms with Crippen molar-refractivity contribution in [1.82, 2.24) is 4.90 Å². The summed E-state index contributed by atoms with van der Waals surface area (Å²) in [5.41, 5.74) is 1.04. The van der Waals surface area contributed by atoms with Crippen molar-refractivity contribution in [3.05, 3.63) is 29.8 Å². The van der Waals surface area contributed by atoms with Gasteiger partial charge in [-0.05, 0) is 56.4 Å². The molecule has 0 saturated carbocycles. The molecule has 6 nitrogen and oxygen atoms in total. The zero-order valence-electron chi connectivity index (χ0n) is 14.2. The van der Waals surface area contributed by atoms with Crippen molar-refractivity contribution in [1.29, 1.82) is 0 Å². The van der Waals surface area contributed by atoms with E-state index in [9.17, 15) is 9.59 Å². The lowest BCUT2D eigenvalue weighted by Gasteiger charge is -2.40. The molecule has 7 heteroatoms. The fraction of sp³-hybridized carbons (Fsp3) is 0.500. The van der Waals surface area contributed by atoms with Crippen molar-refractivity contribution >= 4 is 35.0 Å². The van der Waals surface area contributed by atoms with E-state index in [1.165, 1.54) is 7.11 Å². The number of esters is 2. The molecule has 0 aliphatic carbocycles. The van der Waals surface area contributed by atoms with Gasteiger partial charge in [0, 0.05) is 18.5 Å². The Morgan fingerprint density at radius 3 is 2.64 bits per heavy atom. The Labute approximate surface area is 151 Å². The lowest BCUT2D eigenvalue weighted by molar-refractivity contribution is -0.156. The largest absolute Gasteiger partial charge is 0.469 e. The third-order valence-corrected chi connectivity index (χ3v) is 5.32. The summed E-state index contributed by atoms with van der Waals surface area (Å²) in [4.78, 5) is 30.8. The first-order chi connectivity index (χ1) is 12.0. The first-order valence-electron chi connectivity index (χ1n) is 8.24.